The largest absolute Gasteiger partial charge is 0.356 e. The van der Waals surface area contributed by atoms with Crippen molar-refractivity contribution in [2.24, 2.45) is 5.92 Å². The van der Waals surface area contributed by atoms with E-state index < -0.39 is 0 Å². The van der Waals surface area contributed by atoms with Crippen LogP contribution >= 0.6 is 0 Å². The van der Waals surface area contributed by atoms with Gasteiger partial charge in [-0.15, -0.1) is 0 Å². The molecule has 1 amide bonds. The molecule has 1 aromatic carbocycles. The lowest BCUT2D eigenvalue weighted by Crippen LogP contribution is -2.28. The Morgan fingerprint density at radius 1 is 1.32 bits per heavy atom. The smallest absolute Gasteiger partial charge is 0.220 e. The molecule has 1 unspecified atom stereocenters. The van der Waals surface area contributed by atoms with Crippen LogP contribution in [0, 0.1) is 5.92 Å². The Hall–Kier alpha value is -1.35. The van der Waals surface area contributed by atoms with Crippen molar-refractivity contribution in [2.45, 2.75) is 32.6 Å². The van der Waals surface area contributed by atoms with Gasteiger partial charge < -0.3 is 10.6 Å². The quantitative estimate of drug-likeness (QED) is 0.820. The summed E-state index contributed by atoms with van der Waals surface area (Å²) < 4.78 is 0. The standard InChI is InChI=1S/C16H24N2O/c1-2-13-3-5-14(6-4-13)8-10-18-16(19)11-15-7-9-17-12-15/h3-6,15,17H,2,7-12H2,1H3,(H,18,19). The lowest BCUT2D eigenvalue weighted by molar-refractivity contribution is -0.121. The first kappa shape index (κ1) is 14.1. The van der Waals surface area contributed by atoms with Gasteiger partial charge in [0.25, 0.3) is 0 Å². The molecule has 0 spiro atoms. The predicted octanol–water partition coefficient (Wildman–Crippen LogP) is 1.91. The number of carbonyl (C=O) groups excluding carboxylic acids is 1. The van der Waals surface area contributed by atoms with E-state index in [0.717, 1.165) is 38.9 Å². The van der Waals surface area contributed by atoms with E-state index in [0.29, 0.717) is 12.3 Å². The van der Waals surface area contributed by atoms with Crippen LogP contribution < -0.4 is 10.6 Å². The Morgan fingerprint density at radius 2 is 2.05 bits per heavy atom. The van der Waals surface area contributed by atoms with Crippen molar-refractivity contribution in [1.82, 2.24) is 10.6 Å². The summed E-state index contributed by atoms with van der Waals surface area (Å²) in [5.74, 6) is 0.725. The summed E-state index contributed by atoms with van der Waals surface area (Å²) >= 11 is 0. The number of amides is 1. The predicted molar refractivity (Wildman–Crippen MR) is 78.1 cm³/mol. The third-order valence-corrected chi connectivity index (χ3v) is 3.80. The number of hydrogen-bond acceptors (Lipinski definition) is 2. The molecular formula is C16H24N2O. The normalized spacial score (nSPS) is 18.5. The molecule has 1 atom stereocenters. The van der Waals surface area contributed by atoms with Crippen LogP contribution in [-0.4, -0.2) is 25.5 Å². The highest BCUT2D eigenvalue weighted by molar-refractivity contribution is 5.76. The molecule has 104 valence electrons. The highest BCUT2D eigenvalue weighted by Gasteiger charge is 2.17. The number of nitrogens with one attached hydrogen (secondary N) is 2. The molecule has 2 N–H and O–H groups in total. The van der Waals surface area contributed by atoms with E-state index in [4.69, 9.17) is 0 Å². The molecule has 1 fully saturated rings. The third-order valence-electron chi connectivity index (χ3n) is 3.80. The zero-order valence-corrected chi connectivity index (χ0v) is 11.7. The van der Waals surface area contributed by atoms with E-state index in [1.807, 2.05) is 0 Å². The van der Waals surface area contributed by atoms with Crippen molar-refractivity contribution in [3.05, 3.63) is 35.4 Å². The third kappa shape index (κ3) is 4.67. The summed E-state index contributed by atoms with van der Waals surface area (Å²) in [5, 5.41) is 6.31. The molecule has 1 saturated heterocycles. The summed E-state index contributed by atoms with van der Waals surface area (Å²) in [6.45, 7) is 4.95. The molecule has 0 bridgehead atoms. The molecular weight excluding hydrogens is 236 g/mol. The van der Waals surface area contributed by atoms with E-state index in [2.05, 4.69) is 41.8 Å². The monoisotopic (exact) mass is 260 g/mol. The summed E-state index contributed by atoms with van der Waals surface area (Å²) in [7, 11) is 0. The van der Waals surface area contributed by atoms with Gasteiger partial charge in [0.1, 0.15) is 0 Å². The first-order chi connectivity index (χ1) is 9.28. The second-order valence-corrected chi connectivity index (χ2v) is 5.33. The van der Waals surface area contributed by atoms with Gasteiger partial charge in [-0.3, -0.25) is 4.79 Å². The van der Waals surface area contributed by atoms with Gasteiger partial charge in [0.2, 0.25) is 5.91 Å². The number of benzene rings is 1. The number of carbonyl (C=O) groups is 1. The van der Waals surface area contributed by atoms with Gasteiger partial charge in [0.05, 0.1) is 0 Å². The molecule has 1 aliphatic rings. The summed E-state index contributed by atoms with van der Waals surface area (Å²) in [4.78, 5) is 11.8. The average molecular weight is 260 g/mol. The molecule has 1 aromatic rings. The van der Waals surface area contributed by atoms with Crippen LogP contribution in [0.5, 0.6) is 0 Å². The Morgan fingerprint density at radius 3 is 2.68 bits per heavy atom. The van der Waals surface area contributed by atoms with Gasteiger partial charge in [-0.25, -0.2) is 0 Å². The van der Waals surface area contributed by atoms with Gasteiger partial charge >= 0.3 is 0 Å². The number of rotatable bonds is 6. The number of hydrogen-bond donors (Lipinski definition) is 2. The molecule has 1 aliphatic heterocycles. The Kier molecular flexibility index (Phi) is 5.40. The van der Waals surface area contributed by atoms with Crippen LogP contribution in [0.2, 0.25) is 0 Å². The van der Waals surface area contributed by atoms with Crippen LogP contribution in [0.4, 0.5) is 0 Å². The molecule has 3 heteroatoms. The summed E-state index contributed by atoms with van der Waals surface area (Å²) in [6, 6.07) is 8.65. The van der Waals surface area contributed by atoms with E-state index >= 15 is 0 Å². The van der Waals surface area contributed by atoms with Crippen molar-refractivity contribution in [2.75, 3.05) is 19.6 Å². The fraction of sp³-hybridized carbons (Fsp3) is 0.562. The summed E-state index contributed by atoms with van der Waals surface area (Å²) in [5.41, 5.74) is 2.65. The first-order valence-electron chi connectivity index (χ1n) is 7.33. The second-order valence-electron chi connectivity index (χ2n) is 5.33. The Labute approximate surface area is 115 Å². The van der Waals surface area contributed by atoms with Crippen LogP contribution in [0.15, 0.2) is 24.3 Å². The minimum Gasteiger partial charge on any atom is -0.356 e. The Balaban J connectivity index is 1.65. The van der Waals surface area contributed by atoms with Gasteiger partial charge in [-0.2, -0.15) is 0 Å². The minimum atomic E-state index is 0.193. The SMILES string of the molecule is CCc1ccc(CCNC(=O)CC2CCNC2)cc1. The lowest BCUT2D eigenvalue weighted by atomic mass is 10.0. The van der Waals surface area contributed by atoms with Crippen LogP contribution in [-0.2, 0) is 17.6 Å². The van der Waals surface area contributed by atoms with Crippen LogP contribution in [0.1, 0.15) is 30.9 Å². The molecule has 2 rings (SSSR count). The van der Waals surface area contributed by atoms with Gasteiger partial charge in [0.15, 0.2) is 0 Å². The maximum atomic E-state index is 11.8. The highest BCUT2D eigenvalue weighted by Crippen LogP contribution is 2.11. The molecule has 1 heterocycles. The maximum absolute atomic E-state index is 11.8. The van der Waals surface area contributed by atoms with E-state index in [1.54, 1.807) is 0 Å². The minimum absolute atomic E-state index is 0.193. The zero-order valence-electron chi connectivity index (χ0n) is 11.7. The fourth-order valence-corrected chi connectivity index (χ4v) is 2.51. The molecule has 19 heavy (non-hydrogen) atoms. The fourth-order valence-electron chi connectivity index (χ4n) is 2.51. The molecule has 0 aromatic heterocycles. The van der Waals surface area contributed by atoms with Crippen molar-refractivity contribution in [3.8, 4) is 0 Å². The van der Waals surface area contributed by atoms with Crippen molar-refractivity contribution in [1.29, 1.82) is 0 Å². The zero-order chi connectivity index (χ0) is 13.5. The lowest BCUT2D eigenvalue weighted by Gasteiger charge is -2.09. The topological polar surface area (TPSA) is 41.1 Å². The van der Waals surface area contributed by atoms with Crippen molar-refractivity contribution < 1.29 is 4.79 Å². The maximum Gasteiger partial charge on any atom is 0.220 e. The highest BCUT2D eigenvalue weighted by atomic mass is 16.1. The van der Waals surface area contributed by atoms with E-state index in [1.165, 1.54) is 11.1 Å². The average Bonchev–Trinajstić information content (AvgIpc) is 2.92. The van der Waals surface area contributed by atoms with Crippen molar-refractivity contribution >= 4 is 5.91 Å². The van der Waals surface area contributed by atoms with E-state index in [-0.39, 0.29) is 5.91 Å². The van der Waals surface area contributed by atoms with E-state index in [9.17, 15) is 4.79 Å². The molecule has 0 saturated carbocycles. The molecule has 0 radical (unpaired) electrons. The van der Waals surface area contributed by atoms with Gasteiger partial charge in [-0.05, 0) is 49.4 Å². The Bertz CT molecular complexity index is 394. The summed E-state index contributed by atoms with van der Waals surface area (Å²) in [6.07, 6.45) is 3.79. The van der Waals surface area contributed by atoms with Crippen LogP contribution in [0.3, 0.4) is 0 Å². The van der Waals surface area contributed by atoms with Gasteiger partial charge in [0, 0.05) is 13.0 Å². The second kappa shape index (κ2) is 7.29. The molecule has 3 nitrogen and oxygen atoms in total. The molecule has 0 aliphatic carbocycles. The van der Waals surface area contributed by atoms with Crippen molar-refractivity contribution in [3.63, 3.8) is 0 Å². The van der Waals surface area contributed by atoms with Crippen LogP contribution in [0.25, 0.3) is 0 Å². The first-order valence-corrected chi connectivity index (χ1v) is 7.33. The van der Waals surface area contributed by atoms with Gasteiger partial charge in [-0.1, -0.05) is 31.2 Å². The number of aryl methyl sites for hydroxylation is 1.